The number of hydrogen-bond donors (Lipinski definition) is 1. The topological polar surface area (TPSA) is 26.0 Å². The van der Waals surface area contributed by atoms with Crippen LogP contribution in [-0.4, -0.2) is 6.04 Å². The molecule has 0 aliphatic heterocycles. The average Bonchev–Trinajstić information content (AvgIpc) is 2.34. The van der Waals surface area contributed by atoms with E-state index in [1.54, 1.807) is 32.1 Å². The van der Waals surface area contributed by atoms with E-state index in [1.165, 1.54) is 6.42 Å². The lowest BCUT2D eigenvalue weighted by atomic mass is 9.30. The highest BCUT2D eigenvalue weighted by Gasteiger charge is 2.70. The molecule has 7 aliphatic carbocycles. The van der Waals surface area contributed by atoms with Crippen molar-refractivity contribution < 1.29 is 0 Å². The largest absolute Gasteiger partial charge is 0.327 e. The van der Waals surface area contributed by atoms with Gasteiger partial charge < -0.3 is 5.73 Å². The molecule has 7 fully saturated rings. The first-order valence-electron chi connectivity index (χ1n) is 7.95. The zero-order chi connectivity index (χ0) is 11.4. The van der Waals surface area contributed by atoms with Crippen molar-refractivity contribution in [1.29, 1.82) is 0 Å². The van der Waals surface area contributed by atoms with Crippen molar-refractivity contribution in [3.8, 4) is 0 Å². The van der Waals surface area contributed by atoms with Gasteiger partial charge in [-0.15, -0.1) is 0 Å². The zero-order valence-electron chi connectivity index (χ0n) is 10.9. The number of nitrogens with two attached hydrogens (primary N) is 1. The van der Waals surface area contributed by atoms with Gasteiger partial charge in [0.15, 0.2) is 0 Å². The lowest BCUT2D eigenvalue weighted by Gasteiger charge is -2.75. The summed E-state index contributed by atoms with van der Waals surface area (Å²) < 4.78 is 0. The van der Waals surface area contributed by atoms with Gasteiger partial charge in [0.05, 0.1) is 0 Å². The molecular weight excluding hydrogens is 206 g/mol. The molecule has 0 heterocycles. The Morgan fingerprint density at radius 3 is 2.06 bits per heavy atom. The van der Waals surface area contributed by atoms with E-state index in [9.17, 15) is 0 Å². The SMILES string of the molecule is CC(N)C12CC3CC4C5CC(CC41)CC2C5C3. The van der Waals surface area contributed by atoms with Crippen molar-refractivity contribution in [2.75, 3.05) is 0 Å². The molecule has 1 nitrogen and oxygen atoms in total. The maximum Gasteiger partial charge on any atom is 0.00726 e. The molecule has 2 N–H and O–H groups in total. The van der Waals surface area contributed by atoms with E-state index in [0.717, 1.165) is 41.4 Å². The van der Waals surface area contributed by atoms with Crippen LogP contribution in [0.5, 0.6) is 0 Å². The molecule has 0 spiro atoms. The van der Waals surface area contributed by atoms with Crippen LogP contribution in [0.2, 0.25) is 0 Å². The van der Waals surface area contributed by atoms with Crippen LogP contribution in [0.3, 0.4) is 0 Å². The molecule has 0 radical (unpaired) electrons. The van der Waals surface area contributed by atoms with Gasteiger partial charge in [0.2, 0.25) is 0 Å². The second-order valence-corrected chi connectivity index (χ2v) is 8.22. The molecule has 0 aromatic rings. The van der Waals surface area contributed by atoms with E-state index in [-0.39, 0.29) is 0 Å². The minimum Gasteiger partial charge on any atom is -0.327 e. The summed E-state index contributed by atoms with van der Waals surface area (Å²) in [6.07, 6.45) is 9.38. The standard InChI is InChI=1S/C16H25N/c1-8(17)16-7-10-3-12-11-2-9(5-14(12)16)6-15(16)13(11)4-10/h8-15H,2-7,17H2,1H3. The van der Waals surface area contributed by atoms with Gasteiger partial charge in [0, 0.05) is 6.04 Å². The molecule has 7 saturated carbocycles. The molecule has 17 heavy (non-hydrogen) atoms. The van der Waals surface area contributed by atoms with Crippen LogP contribution in [0.4, 0.5) is 0 Å². The average molecular weight is 231 g/mol. The van der Waals surface area contributed by atoms with Crippen molar-refractivity contribution in [2.24, 2.45) is 52.6 Å². The number of hydrogen-bond acceptors (Lipinski definition) is 1. The van der Waals surface area contributed by atoms with Crippen molar-refractivity contribution in [1.82, 2.24) is 0 Å². The number of rotatable bonds is 1. The summed E-state index contributed by atoms with van der Waals surface area (Å²) in [6, 6.07) is 0.464. The highest BCUT2D eigenvalue weighted by molar-refractivity contribution is 5.20. The molecule has 5 atom stereocenters. The van der Waals surface area contributed by atoms with Crippen molar-refractivity contribution in [2.45, 2.75) is 51.5 Å². The molecule has 94 valence electrons. The van der Waals surface area contributed by atoms with Crippen LogP contribution in [-0.2, 0) is 0 Å². The van der Waals surface area contributed by atoms with Crippen LogP contribution in [0.25, 0.3) is 0 Å². The summed E-state index contributed by atoms with van der Waals surface area (Å²) in [5.41, 5.74) is 7.14. The zero-order valence-corrected chi connectivity index (χ0v) is 10.9. The molecular formula is C16H25N. The molecule has 0 aromatic heterocycles. The van der Waals surface area contributed by atoms with Gasteiger partial charge in [0.1, 0.15) is 0 Å². The molecule has 0 aromatic carbocycles. The first kappa shape index (κ1) is 9.83. The third-order valence-corrected chi connectivity index (χ3v) is 8.00. The third kappa shape index (κ3) is 0.895. The van der Waals surface area contributed by atoms with Crippen molar-refractivity contribution >= 4 is 0 Å². The Morgan fingerprint density at radius 1 is 0.882 bits per heavy atom. The highest BCUT2D eigenvalue weighted by atomic mass is 14.8. The fraction of sp³-hybridized carbons (Fsp3) is 1.00. The molecule has 0 saturated heterocycles. The maximum atomic E-state index is 6.54. The monoisotopic (exact) mass is 231 g/mol. The van der Waals surface area contributed by atoms with Gasteiger partial charge in [-0.2, -0.15) is 0 Å². The molecule has 8 bridgehead atoms. The van der Waals surface area contributed by atoms with Crippen LogP contribution >= 0.6 is 0 Å². The van der Waals surface area contributed by atoms with Gasteiger partial charge in [-0.1, -0.05) is 0 Å². The summed E-state index contributed by atoms with van der Waals surface area (Å²) in [5, 5.41) is 0. The highest BCUT2D eigenvalue weighted by Crippen LogP contribution is 2.76. The third-order valence-electron chi connectivity index (χ3n) is 8.00. The van der Waals surface area contributed by atoms with E-state index >= 15 is 0 Å². The summed E-state index contributed by atoms with van der Waals surface area (Å²) >= 11 is 0. The lowest BCUT2D eigenvalue weighted by molar-refractivity contribution is -0.261. The second-order valence-electron chi connectivity index (χ2n) is 8.22. The normalized spacial score (nSPS) is 67.8. The fourth-order valence-electron chi connectivity index (χ4n) is 7.89. The van der Waals surface area contributed by atoms with E-state index < -0.39 is 0 Å². The van der Waals surface area contributed by atoms with Gasteiger partial charge in [-0.25, -0.2) is 0 Å². The Morgan fingerprint density at radius 2 is 1.47 bits per heavy atom. The predicted molar refractivity (Wildman–Crippen MR) is 68.2 cm³/mol. The Labute approximate surface area is 105 Å². The summed E-state index contributed by atoms with van der Waals surface area (Å²) in [7, 11) is 0. The second kappa shape index (κ2) is 2.76. The van der Waals surface area contributed by atoms with Gasteiger partial charge >= 0.3 is 0 Å². The van der Waals surface area contributed by atoms with Crippen molar-refractivity contribution in [3.05, 3.63) is 0 Å². The first-order chi connectivity index (χ1) is 8.20. The lowest BCUT2D eigenvalue weighted by Crippen LogP contribution is -2.71. The van der Waals surface area contributed by atoms with Gasteiger partial charge in [-0.05, 0) is 92.3 Å². The van der Waals surface area contributed by atoms with E-state index in [4.69, 9.17) is 5.73 Å². The first-order valence-corrected chi connectivity index (χ1v) is 7.95. The summed E-state index contributed by atoms with van der Waals surface area (Å²) in [5.74, 6) is 7.59. The van der Waals surface area contributed by atoms with Crippen molar-refractivity contribution in [3.63, 3.8) is 0 Å². The smallest absolute Gasteiger partial charge is 0.00726 e. The van der Waals surface area contributed by atoms with Gasteiger partial charge in [0.25, 0.3) is 0 Å². The Balaban J connectivity index is 1.71. The van der Waals surface area contributed by atoms with Crippen LogP contribution in [0, 0.1) is 46.8 Å². The van der Waals surface area contributed by atoms with Crippen LogP contribution in [0.1, 0.15) is 45.4 Å². The fourth-order valence-corrected chi connectivity index (χ4v) is 7.89. The molecule has 0 amide bonds. The summed E-state index contributed by atoms with van der Waals surface area (Å²) in [6.45, 7) is 2.34. The molecule has 1 heteroatoms. The predicted octanol–water partition coefficient (Wildman–Crippen LogP) is 3.04. The molecule has 5 unspecified atom stereocenters. The minimum absolute atomic E-state index is 0.464. The quantitative estimate of drug-likeness (QED) is 0.737. The molecule has 7 aliphatic rings. The Bertz CT molecular complexity index is 350. The van der Waals surface area contributed by atoms with Gasteiger partial charge in [-0.3, -0.25) is 0 Å². The van der Waals surface area contributed by atoms with E-state index in [2.05, 4.69) is 6.92 Å². The van der Waals surface area contributed by atoms with E-state index in [0.29, 0.717) is 11.5 Å². The van der Waals surface area contributed by atoms with Crippen LogP contribution in [0.15, 0.2) is 0 Å². The molecule has 7 rings (SSSR count). The Kier molecular flexibility index (Phi) is 1.60. The summed E-state index contributed by atoms with van der Waals surface area (Å²) in [4.78, 5) is 0. The minimum atomic E-state index is 0.464. The maximum absolute atomic E-state index is 6.54. The Hall–Kier alpha value is -0.0400. The van der Waals surface area contributed by atoms with E-state index in [1.807, 2.05) is 0 Å². The van der Waals surface area contributed by atoms with Crippen LogP contribution < -0.4 is 5.73 Å².